The van der Waals surface area contributed by atoms with E-state index in [2.05, 4.69) is 15.2 Å². The summed E-state index contributed by atoms with van der Waals surface area (Å²) in [4.78, 5) is 5.92. The molecule has 1 saturated heterocycles. The summed E-state index contributed by atoms with van der Waals surface area (Å²) in [6, 6.07) is 7.23. The summed E-state index contributed by atoms with van der Waals surface area (Å²) < 4.78 is 63.6. The van der Waals surface area contributed by atoms with Crippen LogP contribution in [0.3, 0.4) is 0 Å². The van der Waals surface area contributed by atoms with Crippen molar-refractivity contribution in [2.45, 2.75) is 38.0 Å². The fourth-order valence-electron chi connectivity index (χ4n) is 4.61. The highest BCUT2D eigenvalue weighted by atomic mass is 19.4. The molecule has 1 aromatic carbocycles. The van der Waals surface area contributed by atoms with Gasteiger partial charge in [-0.05, 0) is 44.0 Å². The van der Waals surface area contributed by atoms with Crippen molar-refractivity contribution in [1.29, 1.82) is 0 Å². The number of likely N-dealkylation sites (tertiary alicyclic amines) is 1. The first kappa shape index (κ1) is 23.4. The van der Waals surface area contributed by atoms with Gasteiger partial charge in [0.15, 0.2) is 23.0 Å². The topological polar surface area (TPSA) is 81.6 Å². The number of fused-ring (bicyclic) bond motifs is 2. The Morgan fingerprint density at radius 1 is 1.17 bits per heavy atom. The summed E-state index contributed by atoms with van der Waals surface area (Å²) in [5, 5.41) is 8.81. The maximum absolute atomic E-state index is 14.2. The maximum atomic E-state index is 14.2. The second-order valence-corrected chi connectivity index (χ2v) is 9.14. The highest BCUT2D eigenvalue weighted by Crippen LogP contribution is 2.41. The van der Waals surface area contributed by atoms with Crippen LogP contribution in [-0.2, 0) is 0 Å². The van der Waals surface area contributed by atoms with E-state index in [1.54, 1.807) is 26.0 Å². The molecular formula is C24H24F4N6O. The van der Waals surface area contributed by atoms with Crippen LogP contribution in [-0.4, -0.2) is 55.9 Å². The van der Waals surface area contributed by atoms with Gasteiger partial charge in [-0.2, -0.15) is 13.2 Å². The summed E-state index contributed by atoms with van der Waals surface area (Å²) in [6.07, 6.45) is -2.62. The summed E-state index contributed by atoms with van der Waals surface area (Å²) in [5.41, 5.74) is 6.73. The van der Waals surface area contributed by atoms with E-state index in [9.17, 15) is 17.6 Å². The zero-order chi connectivity index (χ0) is 25.0. The van der Waals surface area contributed by atoms with Crippen LogP contribution in [0.1, 0.15) is 31.9 Å². The minimum Gasteiger partial charge on any atom is -0.491 e. The number of hydrogen-bond donors (Lipinski definition) is 1. The number of halogens is 4. The Balaban J connectivity index is 1.58. The molecule has 4 aromatic rings. The predicted octanol–water partition coefficient (Wildman–Crippen LogP) is 4.51. The van der Waals surface area contributed by atoms with Gasteiger partial charge in [0.05, 0.1) is 12.1 Å². The van der Waals surface area contributed by atoms with Crippen LogP contribution in [0.2, 0.25) is 0 Å². The Bertz CT molecular complexity index is 1400. The number of benzene rings is 1. The van der Waals surface area contributed by atoms with Gasteiger partial charge in [0.1, 0.15) is 11.7 Å². The lowest BCUT2D eigenvalue weighted by Gasteiger charge is -2.31. The predicted molar refractivity (Wildman–Crippen MR) is 122 cm³/mol. The first-order valence-electron chi connectivity index (χ1n) is 11.2. The number of nitrogens with zero attached hydrogens (tertiary/aromatic N) is 5. The molecule has 5 rings (SSSR count). The molecule has 1 aliphatic heterocycles. The molecule has 11 heteroatoms. The fraction of sp³-hybridized carbons (Fsp3) is 0.375. The monoisotopic (exact) mass is 488 g/mol. The van der Waals surface area contributed by atoms with Crippen LogP contribution in [0.15, 0.2) is 42.6 Å². The highest BCUT2D eigenvalue weighted by molar-refractivity contribution is 5.82. The maximum Gasteiger partial charge on any atom is 0.408 e. The van der Waals surface area contributed by atoms with Gasteiger partial charge in [0.25, 0.3) is 0 Å². The molecule has 0 amide bonds. The normalized spacial score (nSPS) is 20.1. The smallest absolute Gasteiger partial charge is 0.408 e. The van der Waals surface area contributed by atoms with Crippen LogP contribution in [0.4, 0.5) is 17.6 Å². The van der Waals surface area contributed by atoms with Crippen LogP contribution < -0.4 is 10.5 Å². The summed E-state index contributed by atoms with van der Waals surface area (Å²) in [6.45, 7) is 4.18. The molecule has 1 aliphatic rings. The first-order valence-corrected chi connectivity index (χ1v) is 11.2. The summed E-state index contributed by atoms with van der Waals surface area (Å²) in [5.74, 6) is -0.152. The fourth-order valence-corrected chi connectivity index (χ4v) is 4.61. The molecule has 1 unspecified atom stereocenters. The molecule has 3 aromatic heterocycles. The molecule has 2 N–H and O–H groups in total. The second kappa shape index (κ2) is 8.42. The van der Waals surface area contributed by atoms with E-state index in [1.165, 1.54) is 39.8 Å². The Labute approximate surface area is 198 Å². The van der Waals surface area contributed by atoms with Gasteiger partial charge in [-0.1, -0.05) is 12.1 Å². The number of hydrogen-bond acceptors (Lipinski definition) is 6. The van der Waals surface area contributed by atoms with E-state index in [-0.39, 0.29) is 30.2 Å². The SMILES string of the molecule is CCOc1cc2nc(-c3nnc4ccc([C@H](N5CCC(C)(N)C5)C(F)(F)F)cn34)ccc2cc1F. The molecular weight excluding hydrogens is 464 g/mol. The lowest BCUT2D eigenvalue weighted by molar-refractivity contribution is -0.184. The number of nitrogens with two attached hydrogens (primary N) is 1. The third-order valence-corrected chi connectivity index (χ3v) is 6.22. The Hall–Kier alpha value is -3.31. The summed E-state index contributed by atoms with van der Waals surface area (Å²) >= 11 is 0. The molecule has 0 saturated carbocycles. The van der Waals surface area contributed by atoms with E-state index < -0.39 is 23.6 Å². The Kier molecular flexibility index (Phi) is 5.64. The van der Waals surface area contributed by atoms with Gasteiger partial charge in [-0.3, -0.25) is 9.30 Å². The minimum absolute atomic E-state index is 0.0604. The zero-order valence-electron chi connectivity index (χ0n) is 19.2. The van der Waals surface area contributed by atoms with Crippen molar-refractivity contribution in [1.82, 2.24) is 24.5 Å². The van der Waals surface area contributed by atoms with Crippen molar-refractivity contribution in [3.63, 3.8) is 0 Å². The average molecular weight is 488 g/mol. The van der Waals surface area contributed by atoms with Crippen molar-refractivity contribution in [3.05, 3.63) is 54.0 Å². The van der Waals surface area contributed by atoms with Crippen molar-refractivity contribution >= 4 is 16.6 Å². The average Bonchev–Trinajstić information content (AvgIpc) is 3.36. The molecule has 1 fully saturated rings. The number of rotatable bonds is 5. The second-order valence-electron chi connectivity index (χ2n) is 9.14. The van der Waals surface area contributed by atoms with Crippen LogP contribution in [0.25, 0.3) is 28.1 Å². The van der Waals surface area contributed by atoms with E-state index in [0.717, 1.165) is 0 Å². The first-order chi connectivity index (χ1) is 16.6. The van der Waals surface area contributed by atoms with Crippen molar-refractivity contribution in [3.8, 4) is 17.3 Å². The van der Waals surface area contributed by atoms with Gasteiger partial charge in [-0.15, -0.1) is 10.2 Å². The third-order valence-electron chi connectivity index (χ3n) is 6.22. The van der Waals surface area contributed by atoms with Gasteiger partial charge in [0.2, 0.25) is 0 Å². The van der Waals surface area contributed by atoms with Crippen molar-refractivity contribution < 1.29 is 22.3 Å². The number of pyridine rings is 2. The van der Waals surface area contributed by atoms with E-state index in [0.29, 0.717) is 35.3 Å². The quantitative estimate of drug-likeness (QED) is 0.417. The largest absolute Gasteiger partial charge is 0.491 e. The van der Waals surface area contributed by atoms with Crippen LogP contribution in [0, 0.1) is 5.82 Å². The van der Waals surface area contributed by atoms with Crippen molar-refractivity contribution in [2.24, 2.45) is 5.73 Å². The molecule has 4 heterocycles. The zero-order valence-corrected chi connectivity index (χ0v) is 19.2. The molecule has 7 nitrogen and oxygen atoms in total. The molecule has 35 heavy (non-hydrogen) atoms. The van der Waals surface area contributed by atoms with Crippen LogP contribution >= 0.6 is 0 Å². The van der Waals surface area contributed by atoms with Gasteiger partial charge >= 0.3 is 6.18 Å². The van der Waals surface area contributed by atoms with Gasteiger partial charge < -0.3 is 10.5 Å². The Morgan fingerprint density at radius 2 is 1.97 bits per heavy atom. The Morgan fingerprint density at radius 3 is 2.66 bits per heavy atom. The molecule has 2 atom stereocenters. The molecule has 0 radical (unpaired) electrons. The highest BCUT2D eigenvalue weighted by Gasteiger charge is 2.48. The van der Waals surface area contributed by atoms with Gasteiger partial charge in [-0.25, -0.2) is 9.37 Å². The van der Waals surface area contributed by atoms with E-state index >= 15 is 0 Å². The molecule has 0 spiro atoms. The number of ether oxygens (including phenoxy) is 1. The van der Waals surface area contributed by atoms with Crippen molar-refractivity contribution in [2.75, 3.05) is 19.7 Å². The lowest BCUT2D eigenvalue weighted by Crippen LogP contribution is -2.43. The van der Waals surface area contributed by atoms with Gasteiger partial charge in [0, 0.05) is 36.3 Å². The molecule has 184 valence electrons. The molecule has 0 aliphatic carbocycles. The van der Waals surface area contributed by atoms with E-state index in [1.807, 2.05) is 0 Å². The van der Waals surface area contributed by atoms with Crippen LogP contribution in [0.5, 0.6) is 5.75 Å². The standard InChI is InChI=1S/C24H24F4N6O/c1-3-35-19-11-18-14(10-16(19)25)4-6-17(30-18)22-32-31-20-7-5-15(12-34(20)22)21(24(26,27)28)33-9-8-23(2,29)13-33/h4-7,10-12,21H,3,8-9,13,29H2,1-2H3/t21-,23?/m0/s1. The minimum atomic E-state index is -4.50. The molecule has 0 bridgehead atoms. The third kappa shape index (κ3) is 4.41. The number of aromatic nitrogens is 4. The number of alkyl halides is 3. The lowest BCUT2D eigenvalue weighted by atomic mass is 10.0. The summed E-state index contributed by atoms with van der Waals surface area (Å²) in [7, 11) is 0. The van der Waals surface area contributed by atoms with E-state index in [4.69, 9.17) is 10.5 Å².